The zero-order valence-corrected chi connectivity index (χ0v) is 17.4. The molecular weight excluding hydrogens is 394 g/mol. The first-order valence-electron chi connectivity index (χ1n) is 10.4. The van der Waals surface area contributed by atoms with E-state index in [2.05, 4.69) is 20.1 Å². The number of anilines is 1. The minimum absolute atomic E-state index is 0.0108. The number of aromatic nitrogens is 1. The van der Waals surface area contributed by atoms with Crippen LogP contribution in [0.2, 0.25) is 0 Å². The number of benzene rings is 2. The summed E-state index contributed by atoms with van der Waals surface area (Å²) in [7, 11) is 0. The molecular formula is C23H25N5O3. The van der Waals surface area contributed by atoms with Crippen LogP contribution in [0.3, 0.4) is 0 Å². The number of nitrogens with one attached hydrogen (secondary N) is 1. The molecule has 31 heavy (non-hydrogen) atoms. The average Bonchev–Trinajstić information content (AvgIpc) is 2.79. The predicted molar refractivity (Wildman–Crippen MR) is 120 cm³/mol. The highest BCUT2D eigenvalue weighted by atomic mass is 16.6. The van der Waals surface area contributed by atoms with Gasteiger partial charge in [0.2, 0.25) is 5.91 Å². The van der Waals surface area contributed by atoms with Crippen LogP contribution in [0.5, 0.6) is 0 Å². The zero-order valence-electron chi connectivity index (χ0n) is 17.4. The normalized spacial score (nSPS) is 15.6. The van der Waals surface area contributed by atoms with Crippen molar-refractivity contribution in [3.8, 4) is 0 Å². The van der Waals surface area contributed by atoms with E-state index in [1.807, 2.05) is 49.4 Å². The first kappa shape index (κ1) is 20.7. The van der Waals surface area contributed by atoms with Gasteiger partial charge >= 0.3 is 0 Å². The number of pyridine rings is 1. The lowest BCUT2D eigenvalue weighted by Crippen LogP contribution is -2.49. The van der Waals surface area contributed by atoms with E-state index in [0.717, 1.165) is 42.8 Å². The van der Waals surface area contributed by atoms with Crippen LogP contribution < -0.4 is 10.2 Å². The number of hydrogen-bond donors (Lipinski definition) is 1. The monoisotopic (exact) mass is 419 g/mol. The van der Waals surface area contributed by atoms with Crippen molar-refractivity contribution in [2.24, 2.45) is 0 Å². The summed E-state index contributed by atoms with van der Waals surface area (Å²) in [5, 5.41) is 15.8. The molecule has 8 heteroatoms. The molecule has 1 fully saturated rings. The fourth-order valence-electron chi connectivity index (χ4n) is 4.06. The van der Waals surface area contributed by atoms with Gasteiger partial charge in [0.1, 0.15) is 0 Å². The Morgan fingerprint density at radius 3 is 2.55 bits per heavy atom. The summed E-state index contributed by atoms with van der Waals surface area (Å²) in [6.45, 7) is 5.33. The summed E-state index contributed by atoms with van der Waals surface area (Å²) in [6.07, 6.45) is 3.20. The molecule has 1 aromatic heterocycles. The molecule has 0 radical (unpaired) electrons. The minimum Gasteiger partial charge on any atom is -0.368 e. The smallest absolute Gasteiger partial charge is 0.278 e. The SMILES string of the molecule is C[C@@H](NC(=O)CN1CCN(c2ccc([N+](=O)[O-])c3cnccc23)CC1)c1ccccc1. The predicted octanol–water partition coefficient (Wildman–Crippen LogP) is 3.14. The number of carbonyl (C=O) groups excluding carboxylic acids is 1. The molecule has 1 saturated heterocycles. The van der Waals surface area contributed by atoms with Gasteiger partial charge in [-0.1, -0.05) is 30.3 Å². The summed E-state index contributed by atoms with van der Waals surface area (Å²) in [6, 6.07) is 15.1. The number of piperazine rings is 1. The van der Waals surface area contributed by atoms with Crippen molar-refractivity contribution in [3.05, 3.63) is 76.6 Å². The number of hydrogen-bond acceptors (Lipinski definition) is 6. The Hall–Kier alpha value is -3.52. The zero-order chi connectivity index (χ0) is 21.8. The molecule has 0 unspecified atom stereocenters. The van der Waals surface area contributed by atoms with E-state index in [4.69, 9.17) is 0 Å². The van der Waals surface area contributed by atoms with Gasteiger partial charge in [-0.15, -0.1) is 0 Å². The topological polar surface area (TPSA) is 91.6 Å². The van der Waals surface area contributed by atoms with Gasteiger partial charge in [0.05, 0.1) is 22.9 Å². The van der Waals surface area contributed by atoms with Crippen LogP contribution in [0.1, 0.15) is 18.5 Å². The number of nitro groups is 1. The summed E-state index contributed by atoms with van der Waals surface area (Å²) in [5.41, 5.74) is 2.11. The summed E-state index contributed by atoms with van der Waals surface area (Å²) in [5.74, 6) is 0.0108. The van der Waals surface area contributed by atoms with Gasteiger partial charge in [0.15, 0.2) is 0 Å². The highest BCUT2D eigenvalue weighted by Gasteiger charge is 2.23. The van der Waals surface area contributed by atoms with Crippen LogP contribution in [0.4, 0.5) is 11.4 Å². The second kappa shape index (κ2) is 9.09. The van der Waals surface area contributed by atoms with E-state index in [9.17, 15) is 14.9 Å². The Bertz CT molecular complexity index is 1080. The molecule has 0 spiro atoms. The van der Waals surface area contributed by atoms with E-state index < -0.39 is 0 Å². The van der Waals surface area contributed by atoms with Gasteiger partial charge in [-0.3, -0.25) is 24.8 Å². The molecule has 8 nitrogen and oxygen atoms in total. The number of non-ortho nitro benzene ring substituents is 1. The molecule has 2 aromatic carbocycles. The van der Waals surface area contributed by atoms with E-state index in [1.165, 1.54) is 0 Å². The van der Waals surface area contributed by atoms with Crippen molar-refractivity contribution >= 4 is 28.1 Å². The number of fused-ring (bicyclic) bond motifs is 1. The Balaban J connectivity index is 1.37. The van der Waals surface area contributed by atoms with Crippen LogP contribution in [0.15, 0.2) is 60.9 Å². The third-order valence-electron chi connectivity index (χ3n) is 5.73. The van der Waals surface area contributed by atoms with Gasteiger partial charge in [-0.25, -0.2) is 0 Å². The van der Waals surface area contributed by atoms with E-state index in [1.54, 1.807) is 18.5 Å². The molecule has 3 aromatic rings. The van der Waals surface area contributed by atoms with Crippen LogP contribution in [-0.4, -0.2) is 53.4 Å². The lowest BCUT2D eigenvalue weighted by atomic mass is 10.1. The van der Waals surface area contributed by atoms with Crippen molar-refractivity contribution in [1.82, 2.24) is 15.2 Å². The number of nitrogens with zero attached hydrogens (tertiary/aromatic N) is 4. The third-order valence-corrected chi connectivity index (χ3v) is 5.73. The Labute approximate surface area is 180 Å². The molecule has 1 amide bonds. The van der Waals surface area contributed by atoms with Crippen LogP contribution in [0, 0.1) is 10.1 Å². The van der Waals surface area contributed by atoms with Gasteiger partial charge in [-0.2, -0.15) is 0 Å². The van der Waals surface area contributed by atoms with Gasteiger partial charge in [0.25, 0.3) is 5.69 Å². The Morgan fingerprint density at radius 1 is 1.10 bits per heavy atom. The summed E-state index contributed by atoms with van der Waals surface area (Å²) >= 11 is 0. The Kier molecular flexibility index (Phi) is 6.08. The Morgan fingerprint density at radius 2 is 1.84 bits per heavy atom. The van der Waals surface area contributed by atoms with E-state index in [-0.39, 0.29) is 22.6 Å². The maximum absolute atomic E-state index is 12.5. The number of nitro benzene ring substituents is 1. The lowest BCUT2D eigenvalue weighted by molar-refractivity contribution is -0.383. The molecule has 1 N–H and O–H groups in total. The number of carbonyl (C=O) groups is 1. The third kappa shape index (κ3) is 4.64. The first-order valence-corrected chi connectivity index (χ1v) is 10.4. The fourth-order valence-corrected chi connectivity index (χ4v) is 4.06. The number of rotatable bonds is 6. The van der Waals surface area contributed by atoms with Crippen LogP contribution >= 0.6 is 0 Å². The summed E-state index contributed by atoms with van der Waals surface area (Å²) in [4.78, 5) is 31.9. The lowest BCUT2D eigenvalue weighted by Gasteiger charge is -2.36. The summed E-state index contributed by atoms with van der Waals surface area (Å²) < 4.78 is 0. The first-order chi connectivity index (χ1) is 15.0. The molecule has 0 bridgehead atoms. The second-order valence-electron chi connectivity index (χ2n) is 7.75. The standard InChI is InChI=1S/C23H25N5O3/c1-17(18-5-3-2-4-6-18)25-23(29)16-26-11-13-27(14-12-26)21-7-8-22(28(30)31)20-15-24-10-9-19(20)21/h2-10,15,17H,11-14,16H2,1H3,(H,25,29)/t17-/m1/s1. The van der Waals surface area contributed by atoms with Gasteiger partial charge in [0, 0.05) is 55.7 Å². The van der Waals surface area contributed by atoms with Gasteiger partial charge in [-0.05, 0) is 24.6 Å². The van der Waals surface area contributed by atoms with Crippen molar-refractivity contribution in [2.75, 3.05) is 37.6 Å². The van der Waals surface area contributed by atoms with Crippen molar-refractivity contribution in [2.45, 2.75) is 13.0 Å². The van der Waals surface area contributed by atoms with Crippen molar-refractivity contribution < 1.29 is 9.72 Å². The molecule has 2 heterocycles. The molecule has 1 atom stereocenters. The molecule has 0 saturated carbocycles. The van der Waals surface area contributed by atoms with Crippen molar-refractivity contribution in [1.29, 1.82) is 0 Å². The quantitative estimate of drug-likeness (QED) is 0.488. The van der Waals surface area contributed by atoms with Crippen LogP contribution in [-0.2, 0) is 4.79 Å². The molecule has 1 aliphatic heterocycles. The molecule has 1 aliphatic rings. The van der Waals surface area contributed by atoms with Crippen LogP contribution in [0.25, 0.3) is 10.8 Å². The maximum Gasteiger partial charge on any atom is 0.278 e. The van der Waals surface area contributed by atoms with Gasteiger partial charge < -0.3 is 10.2 Å². The highest BCUT2D eigenvalue weighted by Crippen LogP contribution is 2.33. The van der Waals surface area contributed by atoms with Crippen molar-refractivity contribution in [3.63, 3.8) is 0 Å². The molecule has 160 valence electrons. The fraction of sp³-hybridized carbons (Fsp3) is 0.304. The maximum atomic E-state index is 12.5. The highest BCUT2D eigenvalue weighted by molar-refractivity contribution is 5.99. The average molecular weight is 419 g/mol. The van der Waals surface area contributed by atoms with E-state index >= 15 is 0 Å². The second-order valence-corrected chi connectivity index (χ2v) is 7.75. The minimum atomic E-state index is -0.374. The molecule has 0 aliphatic carbocycles. The number of amides is 1. The largest absolute Gasteiger partial charge is 0.368 e. The van der Waals surface area contributed by atoms with E-state index in [0.29, 0.717) is 11.9 Å². The molecule has 4 rings (SSSR count).